The summed E-state index contributed by atoms with van der Waals surface area (Å²) in [5.74, 6) is -0.757. The lowest BCUT2D eigenvalue weighted by molar-refractivity contribution is -0.147. The molecular weight excluding hydrogens is 376 g/mol. The Morgan fingerprint density at radius 3 is 2.69 bits per heavy atom. The third-order valence-corrected chi connectivity index (χ3v) is 7.00. The summed E-state index contributed by atoms with van der Waals surface area (Å²) >= 11 is 0. The molecule has 0 aromatic carbocycles. The van der Waals surface area contributed by atoms with Crippen molar-refractivity contribution < 1.29 is 33.3 Å². The molecule has 4 aliphatic heterocycles. The normalized spacial score (nSPS) is 44.5. The molecule has 1 saturated carbocycles. The van der Waals surface area contributed by atoms with Crippen LogP contribution >= 0.6 is 0 Å². The fourth-order valence-electron chi connectivity index (χ4n) is 5.11. The average molecular weight is 404 g/mol. The summed E-state index contributed by atoms with van der Waals surface area (Å²) in [6, 6.07) is 0. The number of rotatable bonds is 3. The molecule has 0 amide bonds. The summed E-state index contributed by atoms with van der Waals surface area (Å²) in [7, 11) is 0. The fourth-order valence-corrected chi connectivity index (χ4v) is 5.11. The molecule has 0 aromatic heterocycles. The van der Waals surface area contributed by atoms with Crippen LogP contribution in [0.5, 0.6) is 0 Å². The van der Waals surface area contributed by atoms with Crippen molar-refractivity contribution in [1.29, 1.82) is 0 Å². The van der Waals surface area contributed by atoms with Gasteiger partial charge in [-0.05, 0) is 39.2 Å². The lowest BCUT2D eigenvalue weighted by atomic mass is 9.75. The second-order valence-corrected chi connectivity index (χ2v) is 9.50. The van der Waals surface area contributed by atoms with E-state index in [0.717, 1.165) is 24.8 Å². The molecule has 158 valence electrons. The second-order valence-electron chi connectivity index (χ2n) is 9.50. The number of carbonyl (C=O) groups is 2. The molecule has 5 aliphatic rings. The topological polar surface area (TPSA) is 90.2 Å². The molecule has 7 nitrogen and oxygen atoms in total. The lowest BCUT2D eigenvalue weighted by Crippen LogP contribution is -2.36. The van der Waals surface area contributed by atoms with E-state index in [1.807, 2.05) is 13.8 Å². The van der Waals surface area contributed by atoms with Gasteiger partial charge in [-0.1, -0.05) is 12.2 Å². The Kier molecular flexibility index (Phi) is 4.25. The van der Waals surface area contributed by atoms with Gasteiger partial charge in [0.05, 0.1) is 24.9 Å². The van der Waals surface area contributed by atoms with E-state index in [4.69, 9.17) is 23.7 Å². The molecule has 7 unspecified atom stereocenters. The number of epoxide rings is 3. The predicted octanol–water partition coefficient (Wildman–Crippen LogP) is 2.09. The quantitative estimate of drug-likeness (QED) is 0.308. The molecule has 1 spiro atoms. The van der Waals surface area contributed by atoms with Gasteiger partial charge in [0.1, 0.15) is 23.9 Å². The Morgan fingerprint density at radius 1 is 1.34 bits per heavy atom. The summed E-state index contributed by atoms with van der Waals surface area (Å²) in [5, 5.41) is 0. The van der Waals surface area contributed by atoms with Crippen LogP contribution in [0.1, 0.15) is 40.0 Å². The van der Waals surface area contributed by atoms with Crippen LogP contribution in [0.25, 0.3) is 0 Å². The summed E-state index contributed by atoms with van der Waals surface area (Å²) in [6.07, 6.45) is 3.52. The number of hydrogen-bond acceptors (Lipinski definition) is 7. The Balaban J connectivity index is 1.45. The van der Waals surface area contributed by atoms with Crippen LogP contribution in [-0.2, 0) is 33.3 Å². The molecule has 7 atom stereocenters. The lowest BCUT2D eigenvalue weighted by Gasteiger charge is -2.34. The van der Waals surface area contributed by atoms with E-state index in [-0.39, 0.29) is 47.3 Å². The summed E-state index contributed by atoms with van der Waals surface area (Å²) in [6.45, 7) is 10.6. The zero-order chi connectivity index (χ0) is 20.6. The van der Waals surface area contributed by atoms with E-state index in [0.29, 0.717) is 18.8 Å². The van der Waals surface area contributed by atoms with Gasteiger partial charge in [-0.25, -0.2) is 4.79 Å². The number of esters is 2. The Morgan fingerprint density at radius 2 is 2.07 bits per heavy atom. The Labute approximate surface area is 170 Å². The van der Waals surface area contributed by atoms with Crippen LogP contribution < -0.4 is 0 Å². The van der Waals surface area contributed by atoms with Crippen molar-refractivity contribution in [1.82, 2.24) is 0 Å². The molecule has 4 saturated heterocycles. The molecule has 4 heterocycles. The van der Waals surface area contributed by atoms with Crippen molar-refractivity contribution >= 4 is 11.9 Å². The standard InChI is InChI=1S/C22H28O7/c1-11-7-16-19(28-16)22(10-26-22)6-5-13-14(20(24)25-9-15(11)13)8-17(27-12(2)23)18-21(3,4)29-18/h8,13,15-19H,1,5-7,9-10H2,2-4H3. The molecular formula is C22H28O7. The maximum atomic E-state index is 12.8. The highest BCUT2D eigenvalue weighted by Gasteiger charge is 2.64. The Bertz CT molecular complexity index is 793. The van der Waals surface area contributed by atoms with Crippen molar-refractivity contribution in [2.24, 2.45) is 11.8 Å². The summed E-state index contributed by atoms with van der Waals surface area (Å²) in [4.78, 5) is 24.4. The van der Waals surface area contributed by atoms with Gasteiger partial charge in [0, 0.05) is 24.3 Å². The van der Waals surface area contributed by atoms with Gasteiger partial charge in [-0.15, -0.1) is 0 Å². The average Bonchev–Trinajstić information content (AvgIpc) is 3.52. The van der Waals surface area contributed by atoms with Crippen molar-refractivity contribution in [2.45, 2.75) is 75.7 Å². The van der Waals surface area contributed by atoms with Gasteiger partial charge < -0.3 is 23.7 Å². The zero-order valence-corrected chi connectivity index (χ0v) is 17.1. The molecule has 5 fully saturated rings. The molecule has 0 radical (unpaired) electrons. The van der Waals surface area contributed by atoms with E-state index in [1.54, 1.807) is 6.08 Å². The first-order valence-electron chi connectivity index (χ1n) is 10.4. The van der Waals surface area contributed by atoms with Crippen LogP contribution in [0.4, 0.5) is 0 Å². The van der Waals surface area contributed by atoms with Crippen LogP contribution in [0.3, 0.4) is 0 Å². The van der Waals surface area contributed by atoms with Crippen LogP contribution in [0.2, 0.25) is 0 Å². The number of hydrogen-bond donors (Lipinski definition) is 0. The van der Waals surface area contributed by atoms with Gasteiger partial charge in [-0.2, -0.15) is 0 Å². The SMILES string of the molecule is C=C1CC2OC2C2(CCC3C(=CC(OC(C)=O)C4OC4(C)C)C(=O)OCC13)CO2. The summed E-state index contributed by atoms with van der Waals surface area (Å²) < 4.78 is 28.4. The van der Waals surface area contributed by atoms with Gasteiger partial charge in [0.25, 0.3) is 0 Å². The molecule has 29 heavy (non-hydrogen) atoms. The van der Waals surface area contributed by atoms with E-state index in [2.05, 4.69) is 6.58 Å². The maximum Gasteiger partial charge on any atom is 0.334 e. The van der Waals surface area contributed by atoms with Gasteiger partial charge >= 0.3 is 11.9 Å². The molecule has 0 bridgehead atoms. The minimum atomic E-state index is -0.618. The Hall–Kier alpha value is -1.70. The maximum absolute atomic E-state index is 12.8. The highest BCUT2D eigenvalue weighted by atomic mass is 16.7. The largest absolute Gasteiger partial charge is 0.462 e. The summed E-state index contributed by atoms with van der Waals surface area (Å²) in [5.41, 5.74) is 1.02. The number of ether oxygens (including phenoxy) is 5. The first-order chi connectivity index (χ1) is 13.7. The predicted molar refractivity (Wildman–Crippen MR) is 101 cm³/mol. The minimum Gasteiger partial charge on any atom is -0.462 e. The smallest absolute Gasteiger partial charge is 0.334 e. The number of fused-ring (bicyclic) bond motifs is 3. The van der Waals surface area contributed by atoms with Crippen molar-refractivity contribution in [3.05, 3.63) is 23.8 Å². The van der Waals surface area contributed by atoms with Crippen molar-refractivity contribution in [2.75, 3.05) is 13.2 Å². The van der Waals surface area contributed by atoms with Gasteiger partial charge in [-0.3, -0.25) is 4.79 Å². The van der Waals surface area contributed by atoms with Crippen LogP contribution in [-0.4, -0.2) is 60.8 Å². The van der Waals surface area contributed by atoms with Gasteiger partial charge in [0.15, 0.2) is 0 Å². The minimum absolute atomic E-state index is 0.0313. The third kappa shape index (κ3) is 3.43. The number of carbonyl (C=O) groups excluding carboxylic acids is 2. The van der Waals surface area contributed by atoms with E-state index in [9.17, 15) is 9.59 Å². The number of cyclic esters (lactones) is 1. The molecule has 1 aliphatic carbocycles. The van der Waals surface area contributed by atoms with Crippen LogP contribution in [0.15, 0.2) is 23.8 Å². The van der Waals surface area contributed by atoms with Crippen molar-refractivity contribution in [3.8, 4) is 0 Å². The van der Waals surface area contributed by atoms with E-state index >= 15 is 0 Å². The molecule has 5 rings (SSSR count). The highest BCUT2D eigenvalue weighted by Crippen LogP contribution is 2.53. The zero-order valence-electron chi connectivity index (χ0n) is 17.1. The monoisotopic (exact) mass is 404 g/mol. The highest BCUT2D eigenvalue weighted by molar-refractivity contribution is 5.90. The fraction of sp³-hybridized carbons (Fsp3) is 0.727. The third-order valence-electron chi connectivity index (χ3n) is 7.00. The first-order valence-corrected chi connectivity index (χ1v) is 10.4. The first kappa shape index (κ1) is 19.3. The van der Waals surface area contributed by atoms with Crippen molar-refractivity contribution in [3.63, 3.8) is 0 Å². The van der Waals surface area contributed by atoms with E-state index in [1.165, 1.54) is 6.92 Å². The second kappa shape index (κ2) is 6.40. The molecule has 7 heteroatoms. The van der Waals surface area contributed by atoms with Crippen LogP contribution in [0, 0.1) is 11.8 Å². The van der Waals surface area contributed by atoms with Gasteiger partial charge in [0.2, 0.25) is 0 Å². The molecule has 0 N–H and O–H groups in total. The molecule has 0 aromatic rings. The van der Waals surface area contributed by atoms with E-state index < -0.39 is 12.1 Å².